The monoisotopic (exact) mass is 928 g/mol. The summed E-state index contributed by atoms with van der Waals surface area (Å²) in [5, 5.41) is 46.1. The standard InChI is InChI=1S/C36H56N6O11.5ClH/c1-18-25(40)28(45)29(46)36(50-18)53-33-27(44)22(42-34(47)23(43)12-13-37)14-21(39)30(33)52-35-26(41)32(49-17-20-10-6-3-7-11-20)31(24(15-38)51-35)48-16-19-8-4-2-5-9-19;;;;;/h2-11,18,21-33,35-36,43-46H,12-17,37-41H2,1H3,(H,42,47);5*1H/t18-,21+,22-,23+,24-,25-,26-,27+,28+,29-,30-,31-,32-,33-,35-,36+;;;;;/m1...../s1. The number of halogens is 5. The molecule has 0 unspecified atom stereocenters. The summed E-state index contributed by atoms with van der Waals surface area (Å²) >= 11 is 0. The zero-order chi connectivity index (χ0) is 38.2. The van der Waals surface area contributed by atoms with Crippen LogP contribution in [0.25, 0.3) is 0 Å². The molecule has 17 nitrogen and oxygen atoms in total. The van der Waals surface area contributed by atoms with Crippen molar-refractivity contribution in [1.82, 2.24) is 5.32 Å². The minimum absolute atomic E-state index is 0. The highest BCUT2D eigenvalue weighted by Crippen LogP contribution is 2.34. The van der Waals surface area contributed by atoms with Crippen LogP contribution in [-0.2, 0) is 46.4 Å². The zero-order valence-corrected chi connectivity index (χ0v) is 35.9. The molecule has 22 heteroatoms. The number of carbonyl (C=O) groups excluding carboxylic acids is 1. The number of nitrogens with one attached hydrogen (secondary N) is 1. The Bertz CT molecular complexity index is 1430. The molecule has 3 fully saturated rings. The highest BCUT2D eigenvalue weighted by atomic mass is 35.5. The molecule has 2 saturated heterocycles. The van der Waals surface area contributed by atoms with Gasteiger partial charge in [-0.1, -0.05) is 60.7 Å². The van der Waals surface area contributed by atoms with Crippen LogP contribution < -0.4 is 34.0 Å². The fourth-order valence-electron chi connectivity index (χ4n) is 6.93. The highest BCUT2D eigenvalue weighted by Gasteiger charge is 2.53. The van der Waals surface area contributed by atoms with Gasteiger partial charge in [-0.15, -0.1) is 62.0 Å². The lowest BCUT2D eigenvalue weighted by atomic mass is 9.83. The van der Waals surface area contributed by atoms with Gasteiger partial charge in [0.05, 0.1) is 37.4 Å². The number of amides is 1. The number of aliphatic hydroxyl groups is 4. The molecule has 1 aliphatic carbocycles. The Hall–Kier alpha value is -1.24. The van der Waals surface area contributed by atoms with Crippen molar-refractivity contribution in [3.8, 4) is 0 Å². The SMILES string of the molecule is C[C@H]1O[C@@H](O[C@@H]2[C@@H](O)[C@H](NC(=O)[C@@H](O)CCN)C[C@H](N)[C@H]2O[C@H]2O[C@H](CN)[C@@H](OCc3ccccc3)[C@H](OCc3ccccc3)[C@H]2N)[C@H](O)[C@@H](O)[C@@H]1N.Cl.Cl.Cl.Cl.Cl. The first-order valence-corrected chi connectivity index (χ1v) is 18.1. The number of ether oxygens (including phenoxy) is 6. The van der Waals surface area contributed by atoms with Crippen LogP contribution in [0.15, 0.2) is 60.7 Å². The molecule has 15 N–H and O–H groups in total. The quantitative estimate of drug-likeness (QED) is 0.104. The molecule has 0 spiro atoms. The van der Waals surface area contributed by atoms with Gasteiger partial charge in [0.1, 0.15) is 54.9 Å². The maximum atomic E-state index is 12.8. The Morgan fingerprint density at radius 1 is 0.741 bits per heavy atom. The van der Waals surface area contributed by atoms with E-state index in [1.165, 1.54) is 0 Å². The van der Waals surface area contributed by atoms with E-state index < -0.39 is 104 Å². The van der Waals surface area contributed by atoms with Gasteiger partial charge < -0.3 is 82.8 Å². The second-order valence-electron chi connectivity index (χ2n) is 13.9. The van der Waals surface area contributed by atoms with Crippen LogP contribution in [0.2, 0.25) is 0 Å². The fraction of sp³-hybridized carbons (Fsp3) is 0.639. The first-order chi connectivity index (χ1) is 25.4. The number of benzene rings is 2. The first kappa shape index (κ1) is 56.8. The molecule has 2 aliphatic heterocycles. The van der Waals surface area contributed by atoms with Gasteiger partial charge in [-0.2, -0.15) is 0 Å². The van der Waals surface area contributed by atoms with Crippen molar-refractivity contribution in [1.29, 1.82) is 0 Å². The van der Waals surface area contributed by atoms with E-state index in [4.69, 9.17) is 57.1 Å². The fourth-order valence-corrected chi connectivity index (χ4v) is 6.93. The van der Waals surface area contributed by atoms with Crippen molar-refractivity contribution in [3.63, 3.8) is 0 Å². The molecule has 2 heterocycles. The second kappa shape index (κ2) is 27.0. The minimum Gasteiger partial charge on any atom is -0.388 e. The van der Waals surface area contributed by atoms with Crippen LogP contribution in [0.1, 0.15) is 30.9 Å². The summed E-state index contributed by atoms with van der Waals surface area (Å²) in [6, 6.07) is 15.2. The summed E-state index contributed by atoms with van der Waals surface area (Å²) in [7, 11) is 0. The number of nitrogens with two attached hydrogens (primary N) is 5. The number of rotatable bonds is 15. The van der Waals surface area contributed by atoms with Crippen molar-refractivity contribution in [2.75, 3.05) is 13.1 Å². The highest BCUT2D eigenvalue weighted by molar-refractivity contribution is 5.86. The number of hydrogen-bond acceptors (Lipinski definition) is 16. The van der Waals surface area contributed by atoms with Crippen molar-refractivity contribution in [2.24, 2.45) is 28.7 Å². The third kappa shape index (κ3) is 14.1. The molecule has 336 valence electrons. The lowest BCUT2D eigenvalue weighted by Crippen LogP contribution is -2.70. The van der Waals surface area contributed by atoms with Crippen LogP contribution in [0.3, 0.4) is 0 Å². The molecule has 5 rings (SSSR count). The van der Waals surface area contributed by atoms with E-state index in [-0.39, 0.29) is 101 Å². The Morgan fingerprint density at radius 3 is 1.81 bits per heavy atom. The van der Waals surface area contributed by atoms with E-state index in [9.17, 15) is 25.2 Å². The van der Waals surface area contributed by atoms with Crippen LogP contribution in [0.4, 0.5) is 0 Å². The van der Waals surface area contributed by atoms with E-state index >= 15 is 0 Å². The summed E-state index contributed by atoms with van der Waals surface area (Å²) < 4.78 is 37.6. The van der Waals surface area contributed by atoms with Crippen molar-refractivity contribution in [2.45, 2.75) is 131 Å². The number of aliphatic hydroxyl groups excluding tert-OH is 4. The Morgan fingerprint density at radius 2 is 1.28 bits per heavy atom. The molecular weight excluding hydrogens is 870 g/mol. The van der Waals surface area contributed by atoms with Crippen LogP contribution in [0.5, 0.6) is 0 Å². The summed E-state index contributed by atoms with van der Waals surface area (Å²) in [5.74, 6) is -0.767. The Labute approximate surface area is 369 Å². The van der Waals surface area contributed by atoms with Gasteiger partial charge in [0.2, 0.25) is 5.91 Å². The summed E-state index contributed by atoms with van der Waals surface area (Å²) in [5.41, 5.74) is 33.1. The van der Waals surface area contributed by atoms with Gasteiger partial charge in [-0.05, 0) is 37.4 Å². The minimum atomic E-state index is -1.61. The van der Waals surface area contributed by atoms with Gasteiger partial charge in [0.25, 0.3) is 0 Å². The Balaban J connectivity index is 0.00000650. The van der Waals surface area contributed by atoms with E-state index in [1.54, 1.807) is 6.92 Å². The molecular formula is C36H61Cl5N6O11. The smallest absolute Gasteiger partial charge is 0.249 e. The molecule has 2 aromatic carbocycles. The third-order valence-electron chi connectivity index (χ3n) is 10.1. The topological polar surface area (TPSA) is 295 Å². The van der Waals surface area contributed by atoms with Gasteiger partial charge in [0.15, 0.2) is 12.6 Å². The summed E-state index contributed by atoms with van der Waals surface area (Å²) in [6.07, 6.45) is -14.3. The predicted molar refractivity (Wildman–Crippen MR) is 226 cm³/mol. The van der Waals surface area contributed by atoms with E-state index in [0.717, 1.165) is 11.1 Å². The molecule has 58 heavy (non-hydrogen) atoms. The molecule has 0 radical (unpaired) electrons. The first-order valence-electron chi connectivity index (χ1n) is 18.1. The largest absolute Gasteiger partial charge is 0.388 e. The van der Waals surface area contributed by atoms with Gasteiger partial charge >= 0.3 is 0 Å². The lowest BCUT2D eigenvalue weighted by Gasteiger charge is -2.50. The molecule has 16 atom stereocenters. The molecule has 3 aliphatic rings. The zero-order valence-electron chi connectivity index (χ0n) is 31.8. The summed E-state index contributed by atoms with van der Waals surface area (Å²) in [4.78, 5) is 12.8. The molecule has 0 aromatic heterocycles. The van der Waals surface area contributed by atoms with Crippen LogP contribution >= 0.6 is 62.0 Å². The molecule has 1 saturated carbocycles. The van der Waals surface area contributed by atoms with Crippen LogP contribution in [0, 0.1) is 0 Å². The number of hydrogen-bond donors (Lipinski definition) is 10. The van der Waals surface area contributed by atoms with Crippen LogP contribution in [-0.4, -0.2) is 137 Å². The van der Waals surface area contributed by atoms with Gasteiger partial charge in [-0.3, -0.25) is 4.79 Å². The molecule has 1 amide bonds. The molecule has 2 aromatic rings. The van der Waals surface area contributed by atoms with Crippen molar-refractivity contribution >= 4 is 67.9 Å². The predicted octanol–water partition coefficient (Wildman–Crippen LogP) is -0.872. The number of carbonyl (C=O) groups is 1. The van der Waals surface area contributed by atoms with Crippen molar-refractivity contribution in [3.05, 3.63) is 71.8 Å². The van der Waals surface area contributed by atoms with E-state index in [0.29, 0.717) is 0 Å². The van der Waals surface area contributed by atoms with Gasteiger partial charge in [0, 0.05) is 12.6 Å². The van der Waals surface area contributed by atoms with Crippen molar-refractivity contribution < 1.29 is 53.6 Å². The lowest BCUT2D eigenvalue weighted by molar-refractivity contribution is -0.333. The second-order valence-corrected chi connectivity index (χ2v) is 13.9. The van der Waals surface area contributed by atoms with E-state index in [2.05, 4.69) is 5.32 Å². The third-order valence-corrected chi connectivity index (χ3v) is 10.1. The van der Waals surface area contributed by atoms with Gasteiger partial charge in [-0.25, -0.2) is 0 Å². The summed E-state index contributed by atoms with van der Waals surface area (Å²) in [6.45, 7) is 2.09. The Kier molecular flexibility index (Phi) is 26.4. The average molecular weight is 931 g/mol. The molecule has 0 bridgehead atoms. The normalized spacial score (nSPS) is 35.0. The maximum Gasteiger partial charge on any atom is 0.249 e. The average Bonchev–Trinajstić information content (AvgIpc) is 3.16. The maximum absolute atomic E-state index is 12.8. The van der Waals surface area contributed by atoms with E-state index in [1.807, 2.05) is 60.7 Å².